The predicted octanol–water partition coefficient (Wildman–Crippen LogP) is 4.64. The summed E-state index contributed by atoms with van der Waals surface area (Å²) in [5, 5.41) is 14.3. The molecule has 1 N–H and O–H groups in total. The largest absolute Gasteiger partial charge is 0.463 e. The smallest absolute Gasteiger partial charge is 0.260 e. The van der Waals surface area contributed by atoms with E-state index in [-0.39, 0.29) is 5.91 Å². The van der Waals surface area contributed by atoms with E-state index in [1.54, 1.807) is 21.8 Å². The summed E-state index contributed by atoms with van der Waals surface area (Å²) in [5.41, 5.74) is 3.62. The SMILES string of the molecule is Cc1cc(NC(=O)c2cnn(-c3ccccc3)c2C)n(-c2nc(-c3ccco3)cs2)n1. The summed E-state index contributed by atoms with van der Waals surface area (Å²) in [4.78, 5) is 17.6. The van der Waals surface area contributed by atoms with Crippen molar-refractivity contribution in [1.29, 1.82) is 0 Å². The molecule has 1 aromatic carbocycles. The molecule has 5 aromatic rings. The molecule has 9 heteroatoms. The van der Waals surface area contributed by atoms with Gasteiger partial charge in [0.25, 0.3) is 5.91 Å². The molecule has 0 radical (unpaired) electrons. The van der Waals surface area contributed by atoms with E-state index in [2.05, 4.69) is 20.5 Å². The van der Waals surface area contributed by atoms with Gasteiger partial charge in [-0.25, -0.2) is 9.67 Å². The Hall–Kier alpha value is -3.98. The molecule has 8 nitrogen and oxygen atoms in total. The monoisotopic (exact) mass is 430 g/mol. The molecule has 0 unspecified atom stereocenters. The van der Waals surface area contributed by atoms with E-state index in [9.17, 15) is 4.79 Å². The molecule has 0 fully saturated rings. The standard InChI is InChI=1S/C22H18N6O2S/c1-14-11-20(28(26-14)22-24-18(13-31-22)19-9-6-10-30-19)25-21(29)17-12-23-27(15(17)2)16-7-4-3-5-8-16/h3-13H,1-2H3,(H,25,29). The second-order valence-electron chi connectivity index (χ2n) is 6.92. The molecule has 0 aliphatic carbocycles. The third kappa shape index (κ3) is 3.55. The number of aryl methyl sites for hydroxylation is 1. The zero-order chi connectivity index (χ0) is 21.4. The number of hydrogen-bond donors (Lipinski definition) is 1. The highest BCUT2D eigenvalue weighted by atomic mass is 32.1. The van der Waals surface area contributed by atoms with E-state index in [1.165, 1.54) is 11.3 Å². The Morgan fingerprint density at radius 2 is 1.94 bits per heavy atom. The summed E-state index contributed by atoms with van der Waals surface area (Å²) in [7, 11) is 0. The number of carbonyl (C=O) groups is 1. The predicted molar refractivity (Wildman–Crippen MR) is 118 cm³/mol. The molecule has 0 bridgehead atoms. The topological polar surface area (TPSA) is 90.8 Å². The first kappa shape index (κ1) is 19.0. The lowest BCUT2D eigenvalue weighted by atomic mass is 10.2. The highest BCUT2D eigenvalue weighted by Gasteiger charge is 2.19. The van der Waals surface area contributed by atoms with Crippen LogP contribution in [0.3, 0.4) is 0 Å². The van der Waals surface area contributed by atoms with Crippen molar-refractivity contribution in [2.24, 2.45) is 0 Å². The van der Waals surface area contributed by atoms with Crippen molar-refractivity contribution in [3.05, 3.63) is 83.3 Å². The minimum absolute atomic E-state index is 0.261. The first-order valence-corrected chi connectivity index (χ1v) is 10.5. The van der Waals surface area contributed by atoms with Gasteiger partial charge in [-0.3, -0.25) is 4.79 Å². The van der Waals surface area contributed by atoms with Gasteiger partial charge in [0.1, 0.15) is 11.5 Å². The Labute approximate surface area is 181 Å². The summed E-state index contributed by atoms with van der Waals surface area (Å²) < 4.78 is 8.78. The van der Waals surface area contributed by atoms with Crippen LogP contribution in [-0.4, -0.2) is 30.5 Å². The molecule has 0 spiro atoms. The van der Waals surface area contributed by atoms with Crippen LogP contribution in [0.5, 0.6) is 0 Å². The summed E-state index contributed by atoms with van der Waals surface area (Å²) in [6, 6.07) is 15.2. The van der Waals surface area contributed by atoms with E-state index in [1.807, 2.05) is 67.8 Å². The van der Waals surface area contributed by atoms with Gasteiger partial charge in [-0.15, -0.1) is 11.3 Å². The van der Waals surface area contributed by atoms with Crippen LogP contribution in [0, 0.1) is 13.8 Å². The zero-order valence-electron chi connectivity index (χ0n) is 16.8. The van der Waals surface area contributed by atoms with Crippen molar-refractivity contribution in [3.63, 3.8) is 0 Å². The minimum atomic E-state index is -0.261. The van der Waals surface area contributed by atoms with Crippen LogP contribution in [0.15, 0.2) is 70.8 Å². The van der Waals surface area contributed by atoms with E-state index in [0.29, 0.717) is 22.3 Å². The molecule has 0 saturated carbocycles. The maximum atomic E-state index is 13.0. The van der Waals surface area contributed by atoms with E-state index < -0.39 is 0 Å². The second-order valence-corrected chi connectivity index (χ2v) is 7.76. The molecule has 0 aliphatic rings. The maximum Gasteiger partial charge on any atom is 0.260 e. The van der Waals surface area contributed by atoms with Gasteiger partial charge >= 0.3 is 0 Å². The van der Waals surface area contributed by atoms with Crippen LogP contribution in [0.25, 0.3) is 22.3 Å². The summed E-state index contributed by atoms with van der Waals surface area (Å²) in [5.74, 6) is 0.958. The Bertz CT molecular complexity index is 1350. The van der Waals surface area contributed by atoms with Crippen molar-refractivity contribution in [1.82, 2.24) is 24.5 Å². The first-order chi connectivity index (χ1) is 15.1. The lowest BCUT2D eigenvalue weighted by molar-refractivity contribution is 0.102. The van der Waals surface area contributed by atoms with Crippen molar-refractivity contribution in [3.8, 4) is 22.3 Å². The minimum Gasteiger partial charge on any atom is -0.463 e. The Balaban J connectivity index is 1.43. The molecule has 154 valence electrons. The Kier molecular flexibility index (Phi) is 4.72. The number of rotatable bonds is 5. The number of hydrogen-bond acceptors (Lipinski definition) is 6. The molecular formula is C22H18N6O2S. The van der Waals surface area contributed by atoms with Gasteiger partial charge < -0.3 is 9.73 Å². The fraction of sp³-hybridized carbons (Fsp3) is 0.0909. The maximum absolute atomic E-state index is 13.0. The van der Waals surface area contributed by atoms with Crippen LogP contribution in [0.1, 0.15) is 21.7 Å². The molecule has 4 heterocycles. The molecule has 1 amide bonds. The van der Waals surface area contributed by atoms with Gasteiger partial charge in [-0.05, 0) is 38.1 Å². The number of nitrogens with one attached hydrogen (secondary N) is 1. The zero-order valence-corrected chi connectivity index (χ0v) is 17.6. The molecule has 31 heavy (non-hydrogen) atoms. The summed E-state index contributed by atoms with van der Waals surface area (Å²) in [6.45, 7) is 3.74. The lowest BCUT2D eigenvalue weighted by Gasteiger charge is -2.07. The van der Waals surface area contributed by atoms with Crippen LogP contribution < -0.4 is 5.32 Å². The highest BCUT2D eigenvalue weighted by molar-refractivity contribution is 7.12. The quantitative estimate of drug-likeness (QED) is 0.438. The van der Waals surface area contributed by atoms with E-state index >= 15 is 0 Å². The third-order valence-electron chi connectivity index (χ3n) is 4.78. The van der Waals surface area contributed by atoms with Crippen molar-refractivity contribution in [2.75, 3.05) is 5.32 Å². The number of thiazole rings is 1. The number of benzene rings is 1. The molecule has 5 rings (SSSR count). The number of anilines is 1. The van der Waals surface area contributed by atoms with Gasteiger partial charge in [0.2, 0.25) is 5.13 Å². The summed E-state index contributed by atoms with van der Waals surface area (Å²) >= 11 is 1.42. The first-order valence-electron chi connectivity index (χ1n) is 9.58. The van der Waals surface area contributed by atoms with Gasteiger partial charge in [0, 0.05) is 11.4 Å². The highest BCUT2D eigenvalue weighted by Crippen LogP contribution is 2.27. The molecule has 4 aromatic heterocycles. The molecule has 0 aliphatic heterocycles. The number of amides is 1. The van der Waals surface area contributed by atoms with Crippen LogP contribution in [0.4, 0.5) is 5.82 Å². The molecular weight excluding hydrogens is 412 g/mol. The number of nitrogens with zero attached hydrogens (tertiary/aromatic N) is 5. The lowest BCUT2D eigenvalue weighted by Crippen LogP contribution is -2.16. The van der Waals surface area contributed by atoms with Crippen molar-refractivity contribution >= 4 is 23.1 Å². The number of furan rings is 1. The number of aromatic nitrogens is 5. The fourth-order valence-corrected chi connectivity index (χ4v) is 4.06. The van der Waals surface area contributed by atoms with Gasteiger partial charge in [-0.2, -0.15) is 14.9 Å². The van der Waals surface area contributed by atoms with Gasteiger partial charge in [-0.1, -0.05) is 18.2 Å². The summed E-state index contributed by atoms with van der Waals surface area (Å²) in [6.07, 6.45) is 3.18. The number of carbonyl (C=O) groups excluding carboxylic acids is 1. The Morgan fingerprint density at radius 1 is 1.10 bits per heavy atom. The molecule has 0 atom stereocenters. The van der Waals surface area contributed by atoms with Crippen LogP contribution in [0.2, 0.25) is 0 Å². The average molecular weight is 430 g/mol. The van der Waals surface area contributed by atoms with E-state index in [4.69, 9.17) is 4.42 Å². The van der Waals surface area contributed by atoms with E-state index in [0.717, 1.165) is 22.8 Å². The van der Waals surface area contributed by atoms with Gasteiger partial charge in [0.15, 0.2) is 5.76 Å². The van der Waals surface area contributed by atoms with Crippen molar-refractivity contribution < 1.29 is 9.21 Å². The van der Waals surface area contributed by atoms with Crippen molar-refractivity contribution in [2.45, 2.75) is 13.8 Å². The number of para-hydroxylation sites is 1. The molecule has 0 saturated heterocycles. The second kappa shape index (κ2) is 7.69. The van der Waals surface area contributed by atoms with Crippen LogP contribution >= 0.6 is 11.3 Å². The Morgan fingerprint density at radius 3 is 2.71 bits per heavy atom. The normalized spacial score (nSPS) is 11.0. The van der Waals surface area contributed by atoms with Gasteiger partial charge in [0.05, 0.1) is 35.1 Å². The average Bonchev–Trinajstić information content (AvgIpc) is 3.55. The fourth-order valence-electron chi connectivity index (χ4n) is 3.28. The third-order valence-corrected chi connectivity index (χ3v) is 5.59. The van der Waals surface area contributed by atoms with Crippen LogP contribution in [-0.2, 0) is 0 Å².